The minimum atomic E-state index is -0.407. The molecule has 1 aromatic carbocycles. The second-order valence-electron chi connectivity index (χ2n) is 3.54. The summed E-state index contributed by atoms with van der Waals surface area (Å²) in [5.74, 6) is -0.0379. The first kappa shape index (κ1) is 11.9. The molecule has 0 aliphatic carbocycles. The smallest absolute Gasteiger partial charge is 0.274 e. The number of aromatic hydroxyl groups is 1. The van der Waals surface area contributed by atoms with E-state index in [1.165, 1.54) is 13.2 Å². The van der Waals surface area contributed by atoms with E-state index >= 15 is 0 Å². The molecule has 0 aliphatic heterocycles. The molecule has 1 amide bonds. The molecule has 1 aromatic heterocycles. The maximum atomic E-state index is 11.9. The fraction of sp³-hybridized carbons (Fsp3) is 0.0769. The normalized spacial score (nSPS) is 9.83. The van der Waals surface area contributed by atoms with E-state index in [2.05, 4.69) is 10.3 Å². The summed E-state index contributed by atoms with van der Waals surface area (Å²) in [7, 11) is 1.48. The average molecular weight is 244 g/mol. The van der Waals surface area contributed by atoms with Gasteiger partial charge in [0, 0.05) is 6.07 Å². The quantitative estimate of drug-likeness (QED) is 0.810. The van der Waals surface area contributed by atoms with Crippen LogP contribution in [0.3, 0.4) is 0 Å². The summed E-state index contributed by atoms with van der Waals surface area (Å²) in [6.45, 7) is 0. The van der Waals surface area contributed by atoms with E-state index < -0.39 is 5.91 Å². The van der Waals surface area contributed by atoms with Crippen LogP contribution in [0.25, 0.3) is 0 Å². The Balaban J connectivity index is 2.19. The van der Waals surface area contributed by atoms with Gasteiger partial charge in [0.05, 0.1) is 12.8 Å². The van der Waals surface area contributed by atoms with E-state index in [0.29, 0.717) is 11.6 Å². The maximum Gasteiger partial charge on any atom is 0.274 e. The number of nitrogens with one attached hydrogen (secondary N) is 1. The molecule has 0 aliphatic rings. The van der Waals surface area contributed by atoms with Crippen LogP contribution in [-0.4, -0.2) is 23.1 Å². The van der Waals surface area contributed by atoms with Crippen molar-refractivity contribution in [3.05, 3.63) is 48.2 Å². The first-order valence-electron chi connectivity index (χ1n) is 5.31. The van der Waals surface area contributed by atoms with Crippen LogP contribution in [0.5, 0.6) is 11.6 Å². The van der Waals surface area contributed by atoms with Gasteiger partial charge in [0.25, 0.3) is 5.91 Å². The number of rotatable bonds is 3. The van der Waals surface area contributed by atoms with Crippen LogP contribution >= 0.6 is 0 Å². The highest BCUT2D eigenvalue weighted by Gasteiger charge is 2.10. The second-order valence-corrected chi connectivity index (χ2v) is 3.54. The molecule has 0 saturated carbocycles. The number of amides is 1. The van der Waals surface area contributed by atoms with E-state index in [0.717, 1.165) is 0 Å². The minimum absolute atomic E-state index is 0.00810. The molecule has 0 radical (unpaired) electrons. The van der Waals surface area contributed by atoms with Crippen molar-refractivity contribution in [2.45, 2.75) is 0 Å². The van der Waals surface area contributed by atoms with Gasteiger partial charge in [-0.2, -0.15) is 0 Å². The van der Waals surface area contributed by atoms with Crippen molar-refractivity contribution in [1.29, 1.82) is 0 Å². The third-order valence-corrected chi connectivity index (χ3v) is 2.32. The lowest BCUT2D eigenvalue weighted by molar-refractivity contribution is 0.102. The fourth-order valence-electron chi connectivity index (χ4n) is 1.42. The SMILES string of the molecule is COc1cccc(C(=O)Nc2ccccc2O)n1. The van der Waals surface area contributed by atoms with Gasteiger partial charge in [-0.05, 0) is 18.2 Å². The predicted octanol–water partition coefficient (Wildman–Crippen LogP) is 2.05. The zero-order valence-electron chi connectivity index (χ0n) is 9.75. The highest BCUT2D eigenvalue weighted by molar-refractivity contribution is 6.03. The van der Waals surface area contributed by atoms with E-state index in [9.17, 15) is 9.90 Å². The number of benzene rings is 1. The number of para-hydroxylation sites is 2. The molecule has 0 saturated heterocycles. The van der Waals surface area contributed by atoms with Gasteiger partial charge in [0.15, 0.2) is 0 Å². The van der Waals surface area contributed by atoms with E-state index in [1.807, 2.05) is 0 Å². The number of hydrogen-bond donors (Lipinski definition) is 2. The van der Waals surface area contributed by atoms with Crippen molar-refractivity contribution in [1.82, 2.24) is 4.98 Å². The summed E-state index contributed by atoms with van der Waals surface area (Å²) in [4.78, 5) is 15.9. The predicted molar refractivity (Wildman–Crippen MR) is 66.8 cm³/mol. The van der Waals surface area contributed by atoms with Crippen molar-refractivity contribution >= 4 is 11.6 Å². The standard InChI is InChI=1S/C13H12N2O3/c1-18-12-8-4-6-10(14-12)13(17)15-9-5-2-3-7-11(9)16/h2-8,16H,1H3,(H,15,17). The Bertz CT molecular complexity index is 570. The number of phenolic OH excluding ortho intramolecular Hbond substituents is 1. The van der Waals surface area contributed by atoms with E-state index in [1.54, 1.807) is 36.4 Å². The Morgan fingerprint density at radius 3 is 2.72 bits per heavy atom. The fourth-order valence-corrected chi connectivity index (χ4v) is 1.42. The molecule has 2 aromatic rings. The van der Waals surface area contributed by atoms with Gasteiger partial charge >= 0.3 is 0 Å². The summed E-state index contributed by atoms with van der Waals surface area (Å²) in [6, 6.07) is 11.4. The Labute approximate surface area is 104 Å². The molecule has 2 rings (SSSR count). The van der Waals surface area contributed by atoms with Gasteiger partial charge in [0.1, 0.15) is 11.4 Å². The molecule has 0 bridgehead atoms. The van der Waals surface area contributed by atoms with Crippen LogP contribution in [0.15, 0.2) is 42.5 Å². The first-order chi connectivity index (χ1) is 8.70. The third kappa shape index (κ3) is 2.57. The molecule has 2 N–H and O–H groups in total. The largest absolute Gasteiger partial charge is 0.506 e. The number of carbonyl (C=O) groups is 1. The lowest BCUT2D eigenvalue weighted by Gasteiger charge is -2.07. The minimum Gasteiger partial charge on any atom is -0.506 e. The van der Waals surface area contributed by atoms with Gasteiger partial charge in [-0.1, -0.05) is 18.2 Å². The van der Waals surface area contributed by atoms with Crippen molar-refractivity contribution in [2.24, 2.45) is 0 Å². The van der Waals surface area contributed by atoms with Gasteiger partial charge in [-0.3, -0.25) is 4.79 Å². The molecule has 18 heavy (non-hydrogen) atoms. The van der Waals surface area contributed by atoms with Gasteiger partial charge in [-0.15, -0.1) is 0 Å². The summed E-state index contributed by atoms with van der Waals surface area (Å²) in [6.07, 6.45) is 0. The highest BCUT2D eigenvalue weighted by atomic mass is 16.5. The Hall–Kier alpha value is -2.56. The molecule has 0 atom stereocenters. The van der Waals surface area contributed by atoms with Crippen LogP contribution < -0.4 is 10.1 Å². The molecule has 5 nitrogen and oxygen atoms in total. The average Bonchev–Trinajstić information content (AvgIpc) is 2.41. The number of ether oxygens (including phenoxy) is 1. The van der Waals surface area contributed by atoms with Crippen molar-refractivity contribution in [3.63, 3.8) is 0 Å². The van der Waals surface area contributed by atoms with Crippen LogP contribution in [0.1, 0.15) is 10.5 Å². The van der Waals surface area contributed by atoms with E-state index in [-0.39, 0.29) is 11.4 Å². The van der Waals surface area contributed by atoms with Crippen LogP contribution in [0, 0.1) is 0 Å². The van der Waals surface area contributed by atoms with Crippen LogP contribution in [-0.2, 0) is 0 Å². The Morgan fingerprint density at radius 1 is 1.22 bits per heavy atom. The number of phenols is 1. The van der Waals surface area contributed by atoms with Crippen molar-refractivity contribution in [3.8, 4) is 11.6 Å². The second kappa shape index (κ2) is 5.18. The maximum absolute atomic E-state index is 11.9. The highest BCUT2D eigenvalue weighted by Crippen LogP contribution is 2.22. The number of carbonyl (C=O) groups excluding carboxylic acids is 1. The lowest BCUT2D eigenvalue weighted by atomic mass is 10.2. The van der Waals surface area contributed by atoms with Crippen LogP contribution in [0.2, 0.25) is 0 Å². The number of aromatic nitrogens is 1. The molecule has 1 heterocycles. The van der Waals surface area contributed by atoms with Gasteiger partial charge in [-0.25, -0.2) is 4.98 Å². The topological polar surface area (TPSA) is 71.5 Å². The third-order valence-electron chi connectivity index (χ3n) is 2.32. The number of pyridine rings is 1. The van der Waals surface area contributed by atoms with Crippen molar-refractivity contribution in [2.75, 3.05) is 12.4 Å². The lowest BCUT2D eigenvalue weighted by Crippen LogP contribution is -2.13. The monoisotopic (exact) mass is 244 g/mol. The molecular weight excluding hydrogens is 232 g/mol. The summed E-state index contributed by atoms with van der Waals surface area (Å²) < 4.78 is 4.94. The van der Waals surface area contributed by atoms with Gasteiger partial charge in [0.2, 0.25) is 5.88 Å². The van der Waals surface area contributed by atoms with E-state index in [4.69, 9.17) is 4.74 Å². The van der Waals surface area contributed by atoms with Crippen LogP contribution in [0.4, 0.5) is 5.69 Å². The van der Waals surface area contributed by atoms with Crippen molar-refractivity contribution < 1.29 is 14.6 Å². The molecule has 92 valence electrons. The number of nitrogens with zero attached hydrogens (tertiary/aromatic N) is 1. The zero-order chi connectivity index (χ0) is 13.0. The molecular formula is C13H12N2O3. The summed E-state index contributed by atoms with van der Waals surface area (Å²) in [5, 5.41) is 12.1. The molecule has 0 unspecified atom stereocenters. The summed E-state index contributed by atoms with van der Waals surface area (Å²) >= 11 is 0. The zero-order valence-corrected chi connectivity index (χ0v) is 9.75. The summed E-state index contributed by atoms with van der Waals surface area (Å²) in [5.41, 5.74) is 0.560. The number of hydrogen-bond acceptors (Lipinski definition) is 4. The Kier molecular flexibility index (Phi) is 3.43. The Morgan fingerprint density at radius 2 is 2.00 bits per heavy atom. The van der Waals surface area contributed by atoms with Gasteiger partial charge < -0.3 is 15.2 Å². The molecule has 0 fully saturated rings. The molecule has 0 spiro atoms. The number of anilines is 1. The molecule has 5 heteroatoms. The number of methoxy groups -OCH3 is 1. The first-order valence-corrected chi connectivity index (χ1v) is 5.31.